The van der Waals surface area contributed by atoms with Gasteiger partial charge in [-0.3, -0.25) is 4.79 Å². The summed E-state index contributed by atoms with van der Waals surface area (Å²) in [5.74, 6) is 1.04. The van der Waals surface area contributed by atoms with E-state index in [0.717, 1.165) is 33.9 Å². The van der Waals surface area contributed by atoms with Crippen LogP contribution >= 0.6 is 0 Å². The van der Waals surface area contributed by atoms with Crippen molar-refractivity contribution in [2.75, 3.05) is 5.32 Å². The van der Waals surface area contributed by atoms with E-state index in [1.54, 1.807) is 0 Å². The van der Waals surface area contributed by atoms with Crippen LogP contribution in [0.15, 0.2) is 72.8 Å². The minimum atomic E-state index is -0.383. The predicted octanol–water partition coefficient (Wildman–Crippen LogP) is 4.87. The second kappa shape index (κ2) is 5.85. The zero-order valence-corrected chi connectivity index (χ0v) is 13.3. The van der Waals surface area contributed by atoms with Crippen molar-refractivity contribution in [2.24, 2.45) is 0 Å². The highest BCUT2D eigenvalue weighted by Gasteiger charge is 2.32. The smallest absolute Gasteiger partial charge is 0.236 e. The number of hydrogen-bond acceptors (Lipinski definition) is 2. The number of aryl methyl sites for hydroxylation is 1. The first-order chi connectivity index (χ1) is 11.7. The van der Waals surface area contributed by atoms with Gasteiger partial charge in [0.2, 0.25) is 5.91 Å². The Labute approximate surface area is 140 Å². The van der Waals surface area contributed by atoms with E-state index >= 15 is 0 Å². The summed E-state index contributed by atoms with van der Waals surface area (Å²) in [6.45, 7) is 2.01. The Morgan fingerprint density at radius 3 is 2.12 bits per heavy atom. The van der Waals surface area contributed by atoms with E-state index < -0.39 is 0 Å². The van der Waals surface area contributed by atoms with Crippen LogP contribution in [0.1, 0.15) is 22.6 Å². The van der Waals surface area contributed by atoms with Gasteiger partial charge in [0.25, 0.3) is 0 Å². The molecule has 24 heavy (non-hydrogen) atoms. The van der Waals surface area contributed by atoms with Crippen molar-refractivity contribution < 1.29 is 9.53 Å². The molecule has 0 spiro atoms. The summed E-state index contributed by atoms with van der Waals surface area (Å²) < 4.78 is 5.95. The SMILES string of the molecule is Cc1cccc(NC(=O)C2c3ccccc3Oc3ccccc32)c1. The van der Waals surface area contributed by atoms with E-state index in [0.29, 0.717) is 0 Å². The number of rotatable bonds is 2. The molecule has 3 heteroatoms. The molecule has 0 saturated carbocycles. The number of hydrogen-bond donors (Lipinski definition) is 1. The van der Waals surface area contributed by atoms with E-state index in [2.05, 4.69) is 5.32 Å². The molecule has 118 valence electrons. The molecule has 3 aromatic rings. The lowest BCUT2D eigenvalue weighted by atomic mass is 9.87. The van der Waals surface area contributed by atoms with Crippen LogP contribution in [0.4, 0.5) is 5.69 Å². The minimum Gasteiger partial charge on any atom is -0.457 e. The van der Waals surface area contributed by atoms with Crippen LogP contribution in [0.3, 0.4) is 0 Å². The lowest BCUT2D eigenvalue weighted by molar-refractivity contribution is -0.116. The van der Waals surface area contributed by atoms with Gasteiger partial charge in [0.05, 0.1) is 5.92 Å². The predicted molar refractivity (Wildman–Crippen MR) is 94.6 cm³/mol. The monoisotopic (exact) mass is 315 g/mol. The van der Waals surface area contributed by atoms with Gasteiger partial charge >= 0.3 is 0 Å². The molecule has 0 aromatic heterocycles. The fourth-order valence-corrected chi connectivity index (χ4v) is 3.13. The molecule has 1 N–H and O–H groups in total. The van der Waals surface area contributed by atoms with Crippen LogP contribution in [-0.4, -0.2) is 5.91 Å². The number of anilines is 1. The van der Waals surface area contributed by atoms with Crippen molar-refractivity contribution in [1.82, 2.24) is 0 Å². The van der Waals surface area contributed by atoms with Crippen LogP contribution in [0.25, 0.3) is 0 Å². The molecule has 0 bridgehead atoms. The van der Waals surface area contributed by atoms with Crippen LogP contribution in [-0.2, 0) is 4.79 Å². The molecule has 0 unspecified atom stereocenters. The largest absolute Gasteiger partial charge is 0.457 e. The lowest BCUT2D eigenvalue weighted by Crippen LogP contribution is -2.25. The summed E-state index contributed by atoms with van der Waals surface area (Å²) in [6.07, 6.45) is 0. The van der Waals surface area contributed by atoms with Gasteiger partial charge in [0.1, 0.15) is 11.5 Å². The highest BCUT2D eigenvalue weighted by atomic mass is 16.5. The van der Waals surface area contributed by atoms with Crippen LogP contribution < -0.4 is 10.1 Å². The summed E-state index contributed by atoms with van der Waals surface area (Å²) >= 11 is 0. The number of amides is 1. The quantitative estimate of drug-likeness (QED) is 0.732. The molecular formula is C21H17NO2. The molecule has 0 radical (unpaired) electrons. The number of fused-ring (bicyclic) bond motifs is 2. The molecule has 0 atom stereocenters. The van der Waals surface area contributed by atoms with Gasteiger partial charge in [-0.2, -0.15) is 0 Å². The maximum absolute atomic E-state index is 13.0. The normalized spacial score (nSPS) is 12.7. The van der Waals surface area contributed by atoms with Gasteiger partial charge in [-0.25, -0.2) is 0 Å². The molecule has 4 rings (SSSR count). The Bertz CT molecular complexity index is 871. The number of para-hydroxylation sites is 2. The molecule has 1 heterocycles. The highest BCUT2D eigenvalue weighted by Crippen LogP contribution is 2.44. The van der Waals surface area contributed by atoms with Crippen molar-refractivity contribution in [3.05, 3.63) is 89.5 Å². The number of ether oxygens (including phenoxy) is 1. The molecule has 1 amide bonds. The van der Waals surface area contributed by atoms with Crippen molar-refractivity contribution in [2.45, 2.75) is 12.8 Å². The van der Waals surface area contributed by atoms with E-state index in [1.165, 1.54) is 0 Å². The van der Waals surface area contributed by atoms with E-state index in [1.807, 2.05) is 79.7 Å². The zero-order valence-electron chi connectivity index (χ0n) is 13.3. The summed E-state index contributed by atoms with van der Waals surface area (Å²) in [4.78, 5) is 13.0. The molecule has 0 saturated heterocycles. The molecule has 3 aromatic carbocycles. The van der Waals surface area contributed by atoms with Crippen molar-refractivity contribution in [1.29, 1.82) is 0 Å². The van der Waals surface area contributed by atoms with Crippen LogP contribution in [0.5, 0.6) is 11.5 Å². The van der Waals surface area contributed by atoms with Crippen molar-refractivity contribution >= 4 is 11.6 Å². The maximum atomic E-state index is 13.0. The first kappa shape index (κ1) is 14.5. The van der Waals surface area contributed by atoms with E-state index in [4.69, 9.17) is 4.74 Å². The number of carbonyl (C=O) groups is 1. The van der Waals surface area contributed by atoms with Gasteiger partial charge in [-0.05, 0) is 36.8 Å². The Morgan fingerprint density at radius 1 is 0.875 bits per heavy atom. The Balaban J connectivity index is 1.75. The van der Waals surface area contributed by atoms with Gasteiger partial charge in [-0.15, -0.1) is 0 Å². The molecular weight excluding hydrogens is 298 g/mol. The molecule has 1 aliphatic heterocycles. The third-order valence-electron chi connectivity index (χ3n) is 4.23. The lowest BCUT2D eigenvalue weighted by Gasteiger charge is -2.27. The molecule has 1 aliphatic rings. The molecule has 0 fully saturated rings. The molecule has 3 nitrogen and oxygen atoms in total. The van der Waals surface area contributed by atoms with E-state index in [9.17, 15) is 4.79 Å². The third kappa shape index (κ3) is 2.54. The average Bonchev–Trinajstić information content (AvgIpc) is 2.59. The highest BCUT2D eigenvalue weighted by molar-refractivity contribution is 5.99. The summed E-state index contributed by atoms with van der Waals surface area (Å²) in [6, 6.07) is 23.2. The first-order valence-corrected chi connectivity index (χ1v) is 7.95. The summed E-state index contributed by atoms with van der Waals surface area (Å²) in [5, 5.41) is 3.04. The fourth-order valence-electron chi connectivity index (χ4n) is 3.13. The number of nitrogens with one attached hydrogen (secondary N) is 1. The van der Waals surface area contributed by atoms with Gasteiger partial charge in [0.15, 0.2) is 0 Å². The Kier molecular flexibility index (Phi) is 3.54. The van der Waals surface area contributed by atoms with Gasteiger partial charge in [-0.1, -0.05) is 48.5 Å². The number of carbonyl (C=O) groups excluding carboxylic acids is 1. The summed E-state index contributed by atoms with van der Waals surface area (Å²) in [7, 11) is 0. The summed E-state index contributed by atoms with van der Waals surface area (Å²) in [5.41, 5.74) is 3.70. The minimum absolute atomic E-state index is 0.0520. The van der Waals surface area contributed by atoms with Gasteiger partial charge < -0.3 is 10.1 Å². The van der Waals surface area contributed by atoms with Gasteiger partial charge in [0, 0.05) is 16.8 Å². The second-order valence-electron chi connectivity index (χ2n) is 5.97. The average molecular weight is 315 g/mol. The third-order valence-corrected chi connectivity index (χ3v) is 4.23. The van der Waals surface area contributed by atoms with Crippen molar-refractivity contribution in [3.63, 3.8) is 0 Å². The molecule has 0 aliphatic carbocycles. The second-order valence-corrected chi connectivity index (χ2v) is 5.97. The standard InChI is InChI=1S/C21H17NO2/c1-14-7-6-8-15(13-14)22-21(23)20-16-9-2-4-11-18(16)24-19-12-5-3-10-17(19)20/h2-13,20H,1H3,(H,22,23). The first-order valence-electron chi connectivity index (χ1n) is 7.95. The van der Waals surface area contributed by atoms with E-state index in [-0.39, 0.29) is 11.8 Å². The number of benzene rings is 3. The fraction of sp³-hybridized carbons (Fsp3) is 0.0952. The van der Waals surface area contributed by atoms with Crippen molar-refractivity contribution in [3.8, 4) is 11.5 Å². The van der Waals surface area contributed by atoms with Crippen LogP contribution in [0, 0.1) is 6.92 Å². The maximum Gasteiger partial charge on any atom is 0.236 e. The zero-order chi connectivity index (χ0) is 16.5. The Morgan fingerprint density at radius 2 is 1.50 bits per heavy atom. The van der Waals surface area contributed by atoms with Crippen LogP contribution in [0.2, 0.25) is 0 Å². The Hall–Kier alpha value is -3.07. The topological polar surface area (TPSA) is 38.3 Å².